The normalized spacial score (nSPS) is 12.5. The second-order valence-corrected chi connectivity index (χ2v) is 18.8. The number of benzene rings is 11. The van der Waals surface area contributed by atoms with Gasteiger partial charge in [-0.2, -0.15) is 0 Å². The van der Waals surface area contributed by atoms with Gasteiger partial charge in [0.2, 0.25) is 0 Å². The van der Waals surface area contributed by atoms with E-state index in [9.17, 15) is 0 Å². The lowest BCUT2D eigenvalue weighted by molar-refractivity contribution is 1.13. The predicted octanol–water partition coefficient (Wildman–Crippen LogP) is 15.2. The third-order valence-electron chi connectivity index (χ3n) is 15.1. The van der Waals surface area contributed by atoms with Crippen LogP contribution in [0.2, 0.25) is 0 Å². The molecule has 70 heavy (non-hydrogen) atoms. The highest BCUT2D eigenvalue weighted by Gasteiger charge is 2.43. The van der Waals surface area contributed by atoms with Crippen molar-refractivity contribution in [3.63, 3.8) is 0 Å². The largest absolute Gasteiger partial charge is 0.311 e. The van der Waals surface area contributed by atoms with Crippen molar-refractivity contribution < 1.29 is 0 Å². The molecule has 0 radical (unpaired) electrons. The van der Waals surface area contributed by atoms with Gasteiger partial charge in [0.05, 0.1) is 22.2 Å². The number of rotatable bonds is 6. The maximum absolute atomic E-state index is 2.59. The maximum atomic E-state index is 2.59. The molecule has 2 aliphatic rings. The van der Waals surface area contributed by atoms with Gasteiger partial charge in [0.1, 0.15) is 0 Å². The van der Waals surface area contributed by atoms with E-state index in [1.807, 2.05) is 0 Å². The molecular formula is C66H42BN3. The molecule has 11 aromatic carbocycles. The van der Waals surface area contributed by atoms with Crippen LogP contribution in [-0.4, -0.2) is 15.8 Å². The minimum absolute atomic E-state index is 0.0315. The number of aromatic nitrogens is 2. The summed E-state index contributed by atoms with van der Waals surface area (Å²) in [7, 11) is 0. The third-order valence-corrected chi connectivity index (χ3v) is 15.1. The summed E-state index contributed by atoms with van der Waals surface area (Å²) < 4.78 is 5.18. The topological polar surface area (TPSA) is 13.1 Å². The number of hydrogen-bond donors (Lipinski definition) is 0. The first-order chi connectivity index (χ1) is 34.8. The third kappa shape index (κ3) is 5.65. The standard InChI is InChI=1S/C66H42BN3/c1-5-18-43(19-6-1)45-34-37-49(38-35-45)68-60-39-36-48(44-20-7-2-8-21-44)40-58(60)67-57-32-17-31-54-53-26-13-14-33-59(53)70(66(54)57)62-42-50(41-61(68)63(62)67)69-64-51(46-22-9-3-10-23-46)27-15-29-55(64)56-30-16-28-52(65(56)69)47-24-11-4-12-25-47/h1-42H. The molecule has 0 amide bonds. The molecule has 0 aliphatic carbocycles. The molecule has 4 heterocycles. The summed E-state index contributed by atoms with van der Waals surface area (Å²) in [6.45, 7) is -0.0315. The Balaban J connectivity index is 1.11. The molecule has 15 rings (SSSR count). The van der Waals surface area contributed by atoms with E-state index in [2.05, 4.69) is 269 Å². The molecule has 3 nitrogen and oxygen atoms in total. The van der Waals surface area contributed by atoms with Crippen LogP contribution in [0.1, 0.15) is 0 Å². The number of para-hydroxylation sites is 4. The van der Waals surface area contributed by atoms with Crippen molar-refractivity contribution in [2.45, 2.75) is 0 Å². The number of hydrogen-bond acceptors (Lipinski definition) is 1. The Morgan fingerprint density at radius 1 is 0.271 bits per heavy atom. The number of fused-ring (bicyclic) bond motifs is 10. The quantitative estimate of drug-likeness (QED) is 0.152. The van der Waals surface area contributed by atoms with Gasteiger partial charge in [-0.15, -0.1) is 0 Å². The first-order valence-corrected chi connectivity index (χ1v) is 24.3. The van der Waals surface area contributed by atoms with E-state index in [4.69, 9.17) is 0 Å². The van der Waals surface area contributed by atoms with Gasteiger partial charge in [0, 0.05) is 60.9 Å². The second-order valence-electron chi connectivity index (χ2n) is 18.8. The number of anilines is 3. The second kappa shape index (κ2) is 15.2. The van der Waals surface area contributed by atoms with E-state index in [1.54, 1.807) is 0 Å². The first-order valence-electron chi connectivity index (χ1n) is 24.3. The van der Waals surface area contributed by atoms with Gasteiger partial charge < -0.3 is 14.0 Å². The average Bonchev–Trinajstić information content (AvgIpc) is 3.97. The molecule has 2 aromatic heterocycles. The molecule has 0 fully saturated rings. The summed E-state index contributed by atoms with van der Waals surface area (Å²) in [5, 5.41) is 4.99. The lowest BCUT2D eigenvalue weighted by Crippen LogP contribution is -2.60. The summed E-state index contributed by atoms with van der Waals surface area (Å²) in [4.78, 5) is 2.55. The van der Waals surface area contributed by atoms with Crippen LogP contribution in [-0.2, 0) is 0 Å². The molecule has 324 valence electrons. The molecule has 0 spiro atoms. The van der Waals surface area contributed by atoms with Crippen LogP contribution in [0, 0.1) is 0 Å². The van der Waals surface area contributed by atoms with E-state index in [-0.39, 0.29) is 6.71 Å². The van der Waals surface area contributed by atoms with Gasteiger partial charge in [0.25, 0.3) is 6.71 Å². The molecule has 0 bridgehead atoms. The van der Waals surface area contributed by atoms with Crippen molar-refractivity contribution in [1.82, 2.24) is 9.13 Å². The lowest BCUT2D eigenvalue weighted by Gasteiger charge is -2.41. The van der Waals surface area contributed by atoms with Gasteiger partial charge in [-0.25, -0.2) is 0 Å². The van der Waals surface area contributed by atoms with Crippen molar-refractivity contribution in [2.24, 2.45) is 0 Å². The summed E-state index contributed by atoms with van der Waals surface area (Å²) in [6, 6.07) is 94.4. The molecule has 0 atom stereocenters. The van der Waals surface area contributed by atoms with Crippen LogP contribution in [0.4, 0.5) is 17.1 Å². The molecule has 2 aliphatic heterocycles. The van der Waals surface area contributed by atoms with Crippen LogP contribution >= 0.6 is 0 Å². The zero-order valence-corrected chi connectivity index (χ0v) is 38.2. The molecule has 0 saturated carbocycles. The monoisotopic (exact) mass is 887 g/mol. The minimum Gasteiger partial charge on any atom is -0.311 e. The molecular weight excluding hydrogens is 846 g/mol. The predicted molar refractivity (Wildman–Crippen MR) is 296 cm³/mol. The van der Waals surface area contributed by atoms with Crippen molar-refractivity contribution in [3.05, 3.63) is 255 Å². The lowest BCUT2D eigenvalue weighted by atomic mass is 9.33. The molecule has 0 unspecified atom stereocenters. The van der Waals surface area contributed by atoms with E-state index < -0.39 is 0 Å². The Labute approximate surface area is 406 Å². The minimum atomic E-state index is -0.0315. The summed E-state index contributed by atoms with van der Waals surface area (Å²) in [5.41, 5.74) is 24.2. The van der Waals surface area contributed by atoms with Crippen molar-refractivity contribution in [1.29, 1.82) is 0 Å². The van der Waals surface area contributed by atoms with Gasteiger partial charge in [0.15, 0.2) is 0 Å². The fourth-order valence-corrected chi connectivity index (χ4v) is 12.1. The van der Waals surface area contributed by atoms with Gasteiger partial charge in [-0.05, 0) is 86.2 Å². The maximum Gasteiger partial charge on any atom is 0.252 e. The highest BCUT2D eigenvalue weighted by atomic mass is 15.2. The Hall–Kier alpha value is -9.12. The molecule has 0 N–H and O–H groups in total. The van der Waals surface area contributed by atoms with E-state index in [0.717, 1.165) is 11.4 Å². The van der Waals surface area contributed by atoms with Gasteiger partial charge >= 0.3 is 0 Å². The van der Waals surface area contributed by atoms with Crippen LogP contribution in [0.3, 0.4) is 0 Å². The van der Waals surface area contributed by atoms with E-state index in [0.29, 0.717) is 0 Å². The fraction of sp³-hybridized carbons (Fsp3) is 0. The zero-order valence-electron chi connectivity index (χ0n) is 38.2. The van der Waals surface area contributed by atoms with Crippen molar-refractivity contribution >= 4 is 83.8 Å². The molecule has 0 saturated heterocycles. The average molecular weight is 888 g/mol. The molecule has 13 aromatic rings. The van der Waals surface area contributed by atoms with Crippen LogP contribution in [0.25, 0.3) is 99.5 Å². The van der Waals surface area contributed by atoms with Crippen LogP contribution < -0.4 is 21.3 Å². The summed E-state index contributed by atoms with van der Waals surface area (Å²) in [6.07, 6.45) is 0. The fourth-order valence-electron chi connectivity index (χ4n) is 12.1. The SMILES string of the molecule is c1ccc(-c2ccc(N3c4ccc(-c5ccccc5)cc4B4c5c3cc(-n3c6c(-c7ccccc7)cccc6c6cccc(-c7ccccc7)c63)cc5-n3c5ccccc5c5cccc4c53)cc2)cc1. The Morgan fingerprint density at radius 2 is 0.757 bits per heavy atom. The van der Waals surface area contributed by atoms with Crippen molar-refractivity contribution in [3.8, 4) is 55.9 Å². The Kier molecular flexibility index (Phi) is 8.45. The van der Waals surface area contributed by atoms with Gasteiger partial charge in [-0.3, -0.25) is 0 Å². The van der Waals surface area contributed by atoms with Crippen molar-refractivity contribution in [2.75, 3.05) is 4.90 Å². The van der Waals surface area contributed by atoms with Crippen LogP contribution in [0.5, 0.6) is 0 Å². The smallest absolute Gasteiger partial charge is 0.252 e. The summed E-state index contributed by atoms with van der Waals surface area (Å²) >= 11 is 0. The highest BCUT2D eigenvalue weighted by molar-refractivity contribution is 7.00. The number of nitrogens with zero attached hydrogens (tertiary/aromatic N) is 3. The van der Waals surface area contributed by atoms with E-state index in [1.165, 1.54) is 122 Å². The highest BCUT2D eigenvalue weighted by Crippen LogP contribution is 2.47. The van der Waals surface area contributed by atoms with E-state index >= 15 is 0 Å². The Bertz CT molecular complexity index is 4120. The Morgan fingerprint density at radius 3 is 1.39 bits per heavy atom. The summed E-state index contributed by atoms with van der Waals surface area (Å²) in [5.74, 6) is 0. The zero-order chi connectivity index (χ0) is 45.9. The van der Waals surface area contributed by atoms with Gasteiger partial charge in [-0.1, -0.05) is 218 Å². The first kappa shape index (κ1) is 38.9. The van der Waals surface area contributed by atoms with Crippen LogP contribution in [0.15, 0.2) is 255 Å². The molecule has 4 heteroatoms.